The van der Waals surface area contributed by atoms with E-state index in [1.807, 2.05) is 13.1 Å². The second-order valence-electron chi connectivity index (χ2n) is 4.18. The maximum Gasteiger partial charge on any atom is 0.123 e. The molecule has 0 saturated carbocycles. The van der Waals surface area contributed by atoms with E-state index in [0.717, 1.165) is 27.2 Å². The summed E-state index contributed by atoms with van der Waals surface area (Å²) in [7, 11) is 2.00. The van der Waals surface area contributed by atoms with Crippen molar-refractivity contribution in [2.45, 2.75) is 20.4 Å². The Hall–Kier alpha value is -1.13. The minimum Gasteiger partial charge on any atom is -0.334 e. The maximum atomic E-state index is 5.69. The fourth-order valence-corrected chi connectivity index (χ4v) is 2.29. The van der Waals surface area contributed by atoms with Crippen LogP contribution in [0.3, 0.4) is 0 Å². The predicted molar refractivity (Wildman–Crippen MR) is 73.7 cm³/mol. The summed E-state index contributed by atoms with van der Waals surface area (Å²) in [6.07, 6.45) is 0. The van der Waals surface area contributed by atoms with Crippen LogP contribution in [0.15, 0.2) is 22.7 Å². The molecule has 0 aliphatic rings. The van der Waals surface area contributed by atoms with E-state index in [2.05, 4.69) is 51.5 Å². The number of rotatable bonds is 2. The van der Waals surface area contributed by atoms with Crippen LogP contribution in [-0.4, -0.2) is 9.55 Å². The molecular formula is C13H16BrN3. The zero-order chi connectivity index (χ0) is 12.6. The zero-order valence-corrected chi connectivity index (χ0v) is 11.9. The summed E-state index contributed by atoms with van der Waals surface area (Å²) in [5.41, 5.74) is 10.2. The first-order chi connectivity index (χ1) is 8.04. The number of benzene rings is 1. The van der Waals surface area contributed by atoms with Crippen LogP contribution in [0.1, 0.15) is 17.1 Å². The second-order valence-corrected chi connectivity index (χ2v) is 5.10. The predicted octanol–water partition coefficient (Wildman–Crippen LogP) is 2.93. The zero-order valence-electron chi connectivity index (χ0n) is 10.3. The molecule has 0 spiro atoms. The lowest BCUT2D eigenvalue weighted by Crippen LogP contribution is -2.05. The number of imidazole rings is 1. The van der Waals surface area contributed by atoms with Crippen molar-refractivity contribution in [3.8, 4) is 11.3 Å². The molecular weight excluding hydrogens is 278 g/mol. The number of hydrogen-bond donors (Lipinski definition) is 1. The van der Waals surface area contributed by atoms with Gasteiger partial charge in [-0.25, -0.2) is 4.98 Å². The third-order valence-electron chi connectivity index (χ3n) is 3.11. The highest BCUT2D eigenvalue weighted by Gasteiger charge is 2.13. The van der Waals surface area contributed by atoms with Gasteiger partial charge >= 0.3 is 0 Å². The molecule has 17 heavy (non-hydrogen) atoms. The molecule has 1 aromatic heterocycles. The van der Waals surface area contributed by atoms with Gasteiger partial charge in [0.05, 0.1) is 12.2 Å². The van der Waals surface area contributed by atoms with Crippen molar-refractivity contribution < 1.29 is 0 Å². The quantitative estimate of drug-likeness (QED) is 0.925. The van der Waals surface area contributed by atoms with E-state index < -0.39 is 0 Å². The lowest BCUT2D eigenvalue weighted by atomic mass is 10.0. The molecule has 90 valence electrons. The molecule has 2 aromatic rings. The van der Waals surface area contributed by atoms with E-state index in [1.54, 1.807) is 0 Å². The Morgan fingerprint density at radius 2 is 2.06 bits per heavy atom. The molecule has 1 heterocycles. The van der Waals surface area contributed by atoms with Crippen molar-refractivity contribution in [2.75, 3.05) is 0 Å². The molecule has 0 aliphatic carbocycles. The lowest BCUT2D eigenvalue weighted by Gasteiger charge is -2.05. The van der Waals surface area contributed by atoms with Gasteiger partial charge in [-0.05, 0) is 31.5 Å². The van der Waals surface area contributed by atoms with E-state index in [0.29, 0.717) is 6.54 Å². The summed E-state index contributed by atoms with van der Waals surface area (Å²) in [6.45, 7) is 4.63. The van der Waals surface area contributed by atoms with Crippen LogP contribution in [-0.2, 0) is 13.6 Å². The number of aryl methyl sites for hydroxylation is 1. The summed E-state index contributed by atoms with van der Waals surface area (Å²) >= 11 is 3.50. The van der Waals surface area contributed by atoms with E-state index in [-0.39, 0.29) is 0 Å². The van der Waals surface area contributed by atoms with Crippen LogP contribution in [0.4, 0.5) is 0 Å². The minimum absolute atomic E-state index is 0.463. The van der Waals surface area contributed by atoms with Gasteiger partial charge in [-0.1, -0.05) is 22.0 Å². The average Bonchev–Trinajstić information content (AvgIpc) is 2.59. The van der Waals surface area contributed by atoms with Crippen molar-refractivity contribution in [2.24, 2.45) is 12.8 Å². The SMILES string of the molecule is Cc1ccc(Br)cc1-c1nc(CN)n(C)c1C. The Morgan fingerprint density at radius 1 is 1.35 bits per heavy atom. The molecule has 0 fully saturated rings. The third kappa shape index (κ3) is 2.15. The van der Waals surface area contributed by atoms with Crippen molar-refractivity contribution in [1.82, 2.24) is 9.55 Å². The maximum absolute atomic E-state index is 5.69. The molecule has 2 N–H and O–H groups in total. The topological polar surface area (TPSA) is 43.8 Å². The number of halogens is 1. The van der Waals surface area contributed by atoms with Crippen LogP contribution in [0.25, 0.3) is 11.3 Å². The van der Waals surface area contributed by atoms with Crippen molar-refractivity contribution in [1.29, 1.82) is 0 Å². The van der Waals surface area contributed by atoms with Gasteiger partial charge in [-0.2, -0.15) is 0 Å². The van der Waals surface area contributed by atoms with Gasteiger partial charge in [0.25, 0.3) is 0 Å². The number of nitrogens with two attached hydrogens (primary N) is 1. The molecule has 0 aliphatic heterocycles. The van der Waals surface area contributed by atoms with Crippen molar-refractivity contribution in [3.63, 3.8) is 0 Å². The van der Waals surface area contributed by atoms with Crippen LogP contribution in [0, 0.1) is 13.8 Å². The molecule has 0 amide bonds. The normalized spacial score (nSPS) is 10.9. The van der Waals surface area contributed by atoms with Gasteiger partial charge in [0.1, 0.15) is 5.82 Å². The van der Waals surface area contributed by atoms with Crippen LogP contribution < -0.4 is 5.73 Å². The number of aromatic nitrogens is 2. The van der Waals surface area contributed by atoms with Crippen LogP contribution in [0.5, 0.6) is 0 Å². The van der Waals surface area contributed by atoms with Gasteiger partial charge in [-0.15, -0.1) is 0 Å². The molecule has 0 bridgehead atoms. The molecule has 0 unspecified atom stereocenters. The summed E-state index contributed by atoms with van der Waals surface area (Å²) in [5.74, 6) is 0.914. The summed E-state index contributed by atoms with van der Waals surface area (Å²) in [5, 5.41) is 0. The Balaban J connectivity index is 2.64. The van der Waals surface area contributed by atoms with E-state index >= 15 is 0 Å². The minimum atomic E-state index is 0.463. The highest BCUT2D eigenvalue weighted by atomic mass is 79.9. The van der Waals surface area contributed by atoms with Gasteiger partial charge in [0, 0.05) is 22.8 Å². The smallest absolute Gasteiger partial charge is 0.123 e. The highest BCUT2D eigenvalue weighted by Crippen LogP contribution is 2.28. The molecule has 0 saturated heterocycles. The monoisotopic (exact) mass is 293 g/mol. The first-order valence-corrected chi connectivity index (χ1v) is 6.32. The van der Waals surface area contributed by atoms with E-state index in [4.69, 9.17) is 5.73 Å². The third-order valence-corrected chi connectivity index (χ3v) is 3.60. The highest BCUT2D eigenvalue weighted by molar-refractivity contribution is 9.10. The summed E-state index contributed by atoms with van der Waals surface area (Å²) in [6, 6.07) is 6.24. The first-order valence-electron chi connectivity index (χ1n) is 5.53. The molecule has 0 radical (unpaired) electrons. The van der Waals surface area contributed by atoms with Gasteiger partial charge in [0.2, 0.25) is 0 Å². The Bertz CT molecular complexity index is 558. The Morgan fingerprint density at radius 3 is 2.65 bits per heavy atom. The van der Waals surface area contributed by atoms with Crippen LogP contribution in [0.2, 0.25) is 0 Å². The first kappa shape index (κ1) is 12.3. The largest absolute Gasteiger partial charge is 0.334 e. The van der Waals surface area contributed by atoms with Crippen LogP contribution >= 0.6 is 15.9 Å². The van der Waals surface area contributed by atoms with E-state index in [9.17, 15) is 0 Å². The molecule has 1 aromatic carbocycles. The summed E-state index contributed by atoms with van der Waals surface area (Å²) < 4.78 is 3.12. The fourth-order valence-electron chi connectivity index (χ4n) is 1.92. The lowest BCUT2D eigenvalue weighted by molar-refractivity contribution is 0.774. The molecule has 0 atom stereocenters. The standard InChI is InChI=1S/C13H16BrN3/c1-8-4-5-10(14)6-11(8)13-9(2)17(3)12(7-15)16-13/h4-6H,7,15H2,1-3H3. The molecule has 3 nitrogen and oxygen atoms in total. The number of nitrogens with zero attached hydrogens (tertiary/aromatic N) is 2. The van der Waals surface area contributed by atoms with Crippen molar-refractivity contribution >= 4 is 15.9 Å². The second kappa shape index (κ2) is 4.63. The van der Waals surface area contributed by atoms with Gasteiger partial charge in [-0.3, -0.25) is 0 Å². The Labute approximate surface area is 110 Å². The molecule has 4 heteroatoms. The van der Waals surface area contributed by atoms with E-state index in [1.165, 1.54) is 5.56 Å². The average molecular weight is 294 g/mol. The van der Waals surface area contributed by atoms with Crippen molar-refractivity contribution in [3.05, 3.63) is 39.8 Å². The fraction of sp³-hybridized carbons (Fsp3) is 0.308. The number of hydrogen-bond acceptors (Lipinski definition) is 2. The molecule has 2 rings (SSSR count). The van der Waals surface area contributed by atoms with Gasteiger partial charge < -0.3 is 10.3 Å². The summed E-state index contributed by atoms with van der Waals surface area (Å²) in [4.78, 5) is 4.62. The Kier molecular flexibility index (Phi) is 3.35. The van der Waals surface area contributed by atoms with Gasteiger partial charge in [0.15, 0.2) is 0 Å².